The molecule has 18 heavy (non-hydrogen) atoms. The second-order valence-electron chi connectivity index (χ2n) is 3.81. The highest BCUT2D eigenvalue weighted by molar-refractivity contribution is 5.62. The molecule has 0 amide bonds. The lowest BCUT2D eigenvalue weighted by Gasteiger charge is -2.10. The van der Waals surface area contributed by atoms with Crippen LogP contribution < -0.4 is 9.47 Å². The first kappa shape index (κ1) is 14.0. The van der Waals surface area contributed by atoms with Crippen LogP contribution in [0.15, 0.2) is 17.8 Å². The molecule has 1 aromatic carbocycles. The number of hydrogen-bond donors (Lipinski definition) is 0. The maximum absolute atomic E-state index is 10.8. The van der Waals surface area contributed by atoms with Crippen LogP contribution >= 0.6 is 0 Å². The molecule has 0 unspecified atom stereocenters. The van der Waals surface area contributed by atoms with Crippen LogP contribution in [0.1, 0.15) is 24.5 Å². The second-order valence-corrected chi connectivity index (χ2v) is 3.81. The lowest BCUT2D eigenvalue weighted by Crippen LogP contribution is -1.98. The molecule has 0 heterocycles. The van der Waals surface area contributed by atoms with Crippen LogP contribution in [0.4, 0.5) is 0 Å². The third kappa shape index (κ3) is 3.00. The number of nitro groups is 1. The van der Waals surface area contributed by atoms with E-state index >= 15 is 0 Å². The molecule has 0 saturated heterocycles. The average Bonchev–Trinajstić information content (AvgIpc) is 2.36. The largest absolute Gasteiger partial charge is 0.496 e. The van der Waals surface area contributed by atoms with Crippen molar-refractivity contribution in [2.24, 2.45) is 0 Å². The van der Waals surface area contributed by atoms with Gasteiger partial charge in [-0.1, -0.05) is 6.92 Å². The van der Waals surface area contributed by atoms with E-state index in [2.05, 4.69) is 0 Å². The van der Waals surface area contributed by atoms with Crippen LogP contribution in [0.25, 0.3) is 6.08 Å². The Kier molecular flexibility index (Phi) is 4.71. The third-order valence-electron chi connectivity index (χ3n) is 2.67. The number of nitrogens with zero attached hydrogens (tertiary/aromatic N) is 1. The topological polar surface area (TPSA) is 61.6 Å². The molecule has 1 aromatic rings. The number of ether oxygens (including phenoxy) is 2. The highest BCUT2D eigenvalue weighted by atomic mass is 16.6. The number of methoxy groups -OCH3 is 2. The van der Waals surface area contributed by atoms with Gasteiger partial charge in [-0.15, -0.1) is 0 Å². The van der Waals surface area contributed by atoms with E-state index in [0.717, 1.165) is 5.56 Å². The molecule has 0 spiro atoms. The van der Waals surface area contributed by atoms with Gasteiger partial charge >= 0.3 is 0 Å². The lowest BCUT2D eigenvalue weighted by molar-refractivity contribution is -0.425. The molecule has 98 valence electrons. The van der Waals surface area contributed by atoms with Crippen LogP contribution in [-0.2, 0) is 0 Å². The van der Waals surface area contributed by atoms with Gasteiger partial charge in [0.1, 0.15) is 11.5 Å². The maximum Gasteiger partial charge on any atom is 0.246 e. The average molecular weight is 251 g/mol. The van der Waals surface area contributed by atoms with Crippen LogP contribution in [0.5, 0.6) is 11.5 Å². The molecule has 0 aliphatic heterocycles. The van der Waals surface area contributed by atoms with E-state index in [4.69, 9.17) is 9.47 Å². The molecule has 0 aromatic heterocycles. The van der Waals surface area contributed by atoms with E-state index in [-0.39, 0.29) is 10.6 Å². The Morgan fingerprint density at radius 3 is 2.39 bits per heavy atom. The van der Waals surface area contributed by atoms with Gasteiger partial charge in [0.15, 0.2) is 0 Å². The molecular weight excluding hydrogens is 234 g/mol. The zero-order valence-electron chi connectivity index (χ0n) is 11.0. The standard InChI is InChI=1S/C13H17NO4/c1-5-11(14(15)16)7-10-8-12(17-3)9(2)6-13(10)18-4/h6-8H,5H2,1-4H3/b11-7+. The van der Waals surface area contributed by atoms with Crippen molar-refractivity contribution in [3.63, 3.8) is 0 Å². The summed E-state index contributed by atoms with van der Waals surface area (Å²) in [5.41, 5.74) is 1.71. The highest BCUT2D eigenvalue weighted by Gasteiger charge is 2.12. The van der Waals surface area contributed by atoms with Gasteiger partial charge < -0.3 is 9.47 Å². The van der Waals surface area contributed by atoms with Crippen molar-refractivity contribution < 1.29 is 14.4 Å². The summed E-state index contributed by atoms with van der Waals surface area (Å²) >= 11 is 0. The molecule has 0 aliphatic carbocycles. The van der Waals surface area contributed by atoms with E-state index in [1.54, 1.807) is 26.2 Å². The van der Waals surface area contributed by atoms with E-state index < -0.39 is 0 Å². The molecule has 0 N–H and O–H groups in total. The molecule has 0 bridgehead atoms. The molecule has 5 heteroatoms. The minimum atomic E-state index is -0.383. The summed E-state index contributed by atoms with van der Waals surface area (Å²) in [6.45, 7) is 3.63. The van der Waals surface area contributed by atoms with Crippen molar-refractivity contribution in [3.05, 3.63) is 39.1 Å². The van der Waals surface area contributed by atoms with Crippen molar-refractivity contribution >= 4 is 6.08 Å². The minimum absolute atomic E-state index is 0.138. The Balaban J connectivity index is 3.33. The summed E-state index contributed by atoms with van der Waals surface area (Å²) in [6.07, 6.45) is 1.87. The first-order valence-corrected chi connectivity index (χ1v) is 5.61. The van der Waals surface area contributed by atoms with Crippen LogP contribution in [0, 0.1) is 17.0 Å². The normalized spacial score (nSPS) is 11.2. The van der Waals surface area contributed by atoms with E-state index in [1.807, 2.05) is 6.92 Å². The van der Waals surface area contributed by atoms with Crippen LogP contribution in [-0.4, -0.2) is 19.1 Å². The maximum atomic E-state index is 10.8. The molecule has 0 fully saturated rings. The Morgan fingerprint density at radius 2 is 1.94 bits per heavy atom. The first-order valence-electron chi connectivity index (χ1n) is 5.61. The van der Waals surface area contributed by atoms with E-state index in [1.165, 1.54) is 13.2 Å². The monoisotopic (exact) mass is 251 g/mol. The van der Waals surface area contributed by atoms with Crippen molar-refractivity contribution in [2.45, 2.75) is 20.3 Å². The summed E-state index contributed by atoms with van der Waals surface area (Å²) in [6, 6.07) is 3.55. The summed E-state index contributed by atoms with van der Waals surface area (Å²) in [5.74, 6) is 1.28. The van der Waals surface area contributed by atoms with Gasteiger partial charge in [-0.2, -0.15) is 0 Å². The fraction of sp³-hybridized carbons (Fsp3) is 0.385. The molecule has 0 saturated carbocycles. The SMILES string of the molecule is CC/C(=C\c1cc(OC)c(C)cc1OC)[N+](=O)[O-]. The fourth-order valence-corrected chi connectivity index (χ4v) is 1.65. The van der Waals surface area contributed by atoms with Gasteiger partial charge in [0.2, 0.25) is 5.70 Å². The van der Waals surface area contributed by atoms with Crippen molar-refractivity contribution in [3.8, 4) is 11.5 Å². The second kappa shape index (κ2) is 6.05. The molecule has 0 radical (unpaired) electrons. The Hall–Kier alpha value is -2.04. The zero-order chi connectivity index (χ0) is 13.7. The van der Waals surface area contributed by atoms with Crippen LogP contribution in [0.3, 0.4) is 0 Å². The molecule has 5 nitrogen and oxygen atoms in total. The van der Waals surface area contributed by atoms with Crippen molar-refractivity contribution in [1.29, 1.82) is 0 Å². The Labute approximate surface area is 106 Å². The number of allylic oxidation sites excluding steroid dienone is 1. The number of rotatable bonds is 5. The smallest absolute Gasteiger partial charge is 0.246 e. The highest BCUT2D eigenvalue weighted by Crippen LogP contribution is 2.30. The lowest BCUT2D eigenvalue weighted by atomic mass is 10.1. The van der Waals surface area contributed by atoms with Crippen molar-refractivity contribution in [2.75, 3.05) is 14.2 Å². The Morgan fingerprint density at radius 1 is 1.33 bits per heavy atom. The summed E-state index contributed by atoms with van der Waals surface area (Å²) in [7, 11) is 3.10. The summed E-state index contributed by atoms with van der Waals surface area (Å²) in [5, 5.41) is 10.8. The van der Waals surface area contributed by atoms with Crippen molar-refractivity contribution in [1.82, 2.24) is 0 Å². The third-order valence-corrected chi connectivity index (χ3v) is 2.67. The quantitative estimate of drug-likeness (QED) is 0.596. The van der Waals surface area contributed by atoms with Gasteiger partial charge in [0.25, 0.3) is 0 Å². The minimum Gasteiger partial charge on any atom is -0.496 e. The van der Waals surface area contributed by atoms with Gasteiger partial charge in [0.05, 0.1) is 19.1 Å². The molecular formula is C13H17NO4. The number of benzene rings is 1. The zero-order valence-corrected chi connectivity index (χ0v) is 11.0. The predicted molar refractivity (Wildman–Crippen MR) is 69.5 cm³/mol. The fourth-order valence-electron chi connectivity index (χ4n) is 1.65. The van der Waals surface area contributed by atoms with Gasteiger partial charge in [-0.3, -0.25) is 10.1 Å². The predicted octanol–water partition coefficient (Wildman–Crippen LogP) is 3.04. The van der Waals surface area contributed by atoms with Gasteiger partial charge in [-0.25, -0.2) is 0 Å². The molecule has 0 atom stereocenters. The molecule has 1 rings (SSSR count). The molecule has 0 aliphatic rings. The number of aryl methyl sites for hydroxylation is 1. The van der Waals surface area contributed by atoms with E-state index in [0.29, 0.717) is 23.5 Å². The first-order chi connectivity index (χ1) is 8.53. The summed E-state index contributed by atoms with van der Waals surface area (Å²) in [4.78, 5) is 10.4. The van der Waals surface area contributed by atoms with Gasteiger partial charge in [0, 0.05) is 18.1 Å². The Bertz CT molecular complexity index is 480. The number of hydrogen-bond acceptors (Lipinski definition) is 4. The van der Waals surface area contributed by atoms with Gasteiger partial charge in [-0.05, 0) is 24.6 Å². The van der Waals surface area contributed by atoms with Crippen LogP contribution in [0.2, 0.25) is 0 Å². The van der Waals surface area contributed by atoms with E-state index in [9.17, 15) is 10.1 Å². The summed E-state index contributed by atoms with van der Waals surface area (Å²) < 4.78 is 10.4.